The predicted octanol–water partition coefficient (Wildman–Crippen LogP) is 2.22. The van der Waals surface area contributed by atoms with Crippen LogP contribution in [0, 0.1) is 0 Å². The average Bonchev–Trinajstić information content (AvgIpc) is 2.38. The van der Waals surface area contributed by atoms with Gasteiger partial charge in [0.25, 0.3) is 0 Å². The van der Waals surface area contributed by atoms with Crippen molar-refractivity contribution in [1.29, 1.82) is 0 Å². The Hall–Kier alpha value is -1.81. The van der Waals surface area contributed by atoms with Crippen molar-refractivity contribution in [2.75, 3.05) is 39.6 Å². The van der Waals surface area contributed by atoms with Gasteiger partial charge in [0, 0.05) is 35.7 Å². The maximum Gasteiger partial charge on any atom is 0.221 e. The van der Waals surface area contributed by atoms with Gasteiger partial charge in [-0.05, 0) is 32.3 Å². The molecule has 0 bridgehead atoms. The van der Waals surface area contributed by atoms with E-state index in [0.717, 1.165) is 29.5 Å². The van der Waals surface area contributed by atoms with Gasteiger partial charge in [-0.25, -0.2) is 4.98 Å². The number of methoxy groups -OCH3 is 1. The van der Waals surface area contributed by atoms with Crippen LogP contribution in [-0.2, 0) is 0 Å². The number of fused-ring (bicyclic) bond motifs is 1. The Labute approximate surface area is 108 Å². The maximum atomic E-state index is 5.28. The quantitative estimate of drug-likeness (QED) is 0.876. The first-order valence-electron chi connectivity index (χ1n) is 6.02. The Morgan fingerprint density at radius 1 is 1.22 bits per heavy atom. The van der Waals surface area contributed by atoms with Gasteiger partial charge in [0.2, 0.25) is 5.88 Å². The fourth-order valence-electron chi connectivity index (χ4n) is 1.91. The predicted molar refractivity (Wildman–Crippen MR) is 75.3 cm³/mol. The number of hydrogen-bond acceptors (Lipinski definition) is 4. The van der Waals surface area contributed by atoms with E-state index in [-0.39, 0.29) is 0 Å². The second kappa shape index (κ2) is 5.69. The number of pyridine rings is 1. The van der Waals surface area contributed by atoms with Gasteiger partial charge in [-0.15, -0.1) is 0 Å². The average molecular weight is 245 g/mol. The Bertz CT molecular complexity index is 525. The van der Waals surface area contributed by atoms with Crippen molar-refractivity contribution in [1.82, 2.24) is 9.88 Å². The van der Waals surface area contributed by atoms with E-state index in [1.807, 2.05) is 18.2 Å². The molecule has 0 radical (unpaired) electrons. The van der Waals surface area contributed by atoms with Crippen molar-refractivity contribution in [3.8, 4) is 5.88 Å². The number of nitrogens with zero attached hydrogens (tertiary/aromatic N) is 2. The van der Waals surface area contributed by atoms with Gasteiger partial charge in [0.15, 0.2) is 0 Å². The van der Waals surface area contributed by atoms with Crippen LogP contribution >= 0.6 is 0 Å². The van der Waals surface area contributed by atoms with Crippen LogP contribution in [0.1, 0.15) is 0 Å². The normalized spacial score (nSPS) is 10.9. The summed E-state index contributed by atoms with van der Waals surface area (Å²) in [5, 5.41) is 5.62. The van der Waals surface area contributed by atoms with E-state index in [2.05, 4.69) is 35.4 Å². The first kappa shape index (κ1) is 12.6. The van der Waals surface area contributed by atoms with Crippen LogP contribution in [0.15, 0.2) is 30.5 Å². The molecule has 1 N–H and O–H groups in total. The second-order valence-electron chi connectivity index (χ2n) is 4.45. The Balaban J connectivity index is 2.28. The van der Waals surface area contributed by atoms with Crippen LogP contribution in [0.2, 0.25) is 0 Å². The first-order valence-corrected chi connectivity index (χ1v) is 6.02. The molecule has 1 heterocycles. The minimum absolute atomic E-state index is 0.670. The zero-order chi connectivity index (χ0) is 13.0. The van der Waals surface area contributed by atoms with Crippen LogP contribution in [0.25, 0.3) is 10.8 Å². The van der Waals surface area contributed by atoms with Crippen molar-refractivity contribution in [2.24, 2.45) is 0 Å². The zero-order valence-corrected chi connectivity index (χ0v) is 11.1. The van der Waals surface area contributed by atoms with Gasteiger partial charge in [-0.3, -0.25) is 0 Å². The lowest BCUT2D eigenvalue weighted by molar-refractivity contribution is 0.403. The van der Waals surface area contributed by atoms with Gasteiger partial charge in [0.1, 0.15) is 0 Å². The summed E-state index contributed by atoms with van der Waals surface area (Å²) >= 11 is 0. The highest BCUT2D eigenvalue weighted by Crippen LogP contribution is 2.28. The fraction of sp³-hybridized carbons (Fsp3) is 0.357. The van der Waals surface area contributed by atoms with E-state index in [9.17, 15) is 0 Å². The fourth-order valence-corrected chi connectivity index (χ4v) is 1.91. The minimum Gasteiger partial charge on any atom is -0.481 e. The van der Waals surface area contributed by atoms with E-state index >= 15 is 0 Å². The maximum absolute atomic E-state index is 5.28. The van der Waals surface area contributed by atoms with E-state index in [1.165, 1.54) is 0 Å². The molecule has 4 heteroatoms. The lowest BCUT2D eigenvalue weighted by Crippen LogP contribution is -2.20. The molecular weight excluding hydrogens is 226 g/mol. The van der Waals surface area contributed by atoms with Crippen molar-refractivity contribution >= 4 is 16.5 Å². The lowest BCUT2D eigenvalue weighted by atomic mass is 10.1. The molecule has 1 aromatic heterocycles. The van der Waals surface area contributed by atoms with Crippen molar-refractivity contribution < 1.29 is 4.74 Å². The van der Waals surface area contributed by atoms with Crippen LogP contribution in [0.3, 0.4) is 0 Å². The summed E-state index contributed by atoms with van der Waals surface area (Å²) in [6.45, 7) is 1.91. The summed E-state index contributed by atoms with van der Waals surface area (Å²) in [6.07, 6.45) is 1.78. The third-order valence-corrected chi connectivity index (χ3v) is 2.84. The van der Waals surface area contributed by atoms with Crippen LogP contribution in [0.5, 0.6) is 5.88 Å². The standard InChI is InChI=1S/C14H19N3O/c1-17(2)10-9-15-13-6-4-5-12-11(13)7-8-16-14(12)18-3/h4-8,15H,9-10H2,1-3H3. The van der Waals surface area contributed by atoms with Crippen LogP contribution in [-0.4, -0.2) is 44.2 Å². The molecule has 2 rings (SSSR count). The molecule has 0 aliphatic carbocycles. The van der Waals surface area contributed by atoms with E-state index in [4.69, 9.17) is 4.74 Å². The molecule has 2 aromatic rings. The van der Waals surface area contributed by atoms with E-state index in [0.29, 0.717) is 5.88 Å². The molecule has 1 aromatic carbocycles. The van der Waals surface area contributed by atoms with Crippen molar-refractivity contribution in [3.63, 3.8) is 0 Å². The number of benzene rings is 1. The summed E-state index contributed by atoms with van der Waals surface area (Å²) in [5.41, 5.74) is 1.12. The molecule has 0 unspecified atom stereocenters. The molecule has 0 spiro atoms. The molecule has 0 aliphatic rings. The minimum atomic E-state index is 0.670. The summed E-state index contributed by atoms with van der Waals surface area (Å²) in [4.78, 5) is 6.37. The van der Waals surface area contributed by atoms with Crippen molar-refractivity contribution in [2.45, 2.75) is 0 Å². The number of nitrogens with one attached hydrogen (secondary N) is 1. The number of anilines is 1. The largest absolute Gasteiger partial charge is 0.481 e. The van der Waals surface area contributed by atoms with E-state index < -0.39 is 0 Å². The third-order valence-electron chi connectivity index (χ3n) is 2.84. The second-order valence-corrected chi connectivity index (χ2v) is 4.45. The zero-order valence-electron chi connectivity index (χ0n) is 11.1. The number of aromatic nitrogens is 1. The third kappa shape index (κ3) is 2.71. The molecule has 4 nitrogen and oxygen atoms in total. The highest BCUT2D eigenvalue weighted by Gasteiger charge is 2.05. The Morgan fingerprint density at radius 2 is 2.06 bits per heavy atom. The topological polar surface area (TPSA) is 37.4 Å². The molecule has 0 aliphatic heterocycles. The number of likely N-dealkylation sites (N-methyl/N-ethyl adjacent to an activating group) is 1. The van der Waals surface area contributed by atoms with Gasteiger partial charge in [-0.1, -0.05) is 6.07 Å². The molecule has 0 atom stereocenters. The molecule has 0 saturated heterocycles. The monoisotopic (exact) mass is 245 g/mol. The van der Waals surface area contributed by atoms with Crippen LogP contribution in [0.4, 0.5) is 5.69 Å². The number of hydrogen-bond donors (Lipinski definition) is 1. The summed E-state index contributed by atoms with van der Waals surface area (Å²) < 4.78 is 5.28. The lowest BCUT2D eigenvalue weighted by Gasteiger charge is -2.13. The number of ether oxygens (including phenoxy) is 1. The van der Waals surface area contributed by atoms with E-state index in [1.54, 1.807) is 13.3 Å². The summed E-state index contributed by atoms with van der Waals surface area (Å²) in [5.74, 6) is 0.670. The Morgan fingerprint density at radius 3 is 2.78 bits per heavy atom. The van der Waals surface area contributed by atoms with Gasteiger partial charge < -0.3 is 15.0 Å². The molecule has 0 amide bonds. The highest BCUT2D eigenvalue weighted by atomic mass is 16.5. The van der Waals surface area contributed by atoms with Gasteiger partial charge in [0.05, 0.1) is 7.11 Å². The van der Waals surface area contributed by atoms with Gasteiger partial charge >= 0.3 is 0 Å². The van der Waals surface area contributed by atoms with Crippen molar-refractivity contribution in [3.05, 3.63) is 30.5 Å². The molecule has 18 heavy (non-hydrogen) atoms. The van der Waals surface area contributed by atoms with Crippen LogP contribution < -0.4 is 10.1 Å². The molecular formula is C14H19N3O. The number of rotatable bonds is 5. The Kier molecular flexibility index (Phi) is 3.99. The molecule has 0 fully saturated rings. The molecule has 96 valence electrons. The summed E-state index contributed by atoms with van der Waals surface area (Å²) in [7, 11) is 5.78. The molecule has 0 saturated carbocycles. The first-order chi connectivity index (χ1) is 8.72. The smallest absolute Gasteiger partial charge is 0.221 e. The highest BCUT2D eigenvalue weighted by molar-refractivity contribution is 5.96. The SMILES string of the molecule is COc1nccc2c(NCCN(C)C)cccc12. The summed E-state index contributed by atoms with van der Waals surface area (Å²) in [6, 6.07) is 8.14. The van der Waals surface area contributed by atoms with Gasteiger partial charge in [-0.2, -0.15) is 0 Å².